The predicted octanol–water partition coefficient (Wildman–Crippen LogP) is 5.35. The molecule has 0 aliphatic carbocycles. The number of aryl methyl sites for hydroxylation is 1. The van der Waals surface area contributed by atoms with Crippen molar-refractivity contribution in [1.29, 1.82) is 0 Å². The summed E-state index contributed by atoms with van der Waals surface area (Å²) < 4.78 is 33.4. The van der Waals surface area contributed by atoms with Crippen LogP contribution in [0.5, 0.6) is 5.75 Å². The zero-order valence-corrected chi connectivity index (χ0v) is 17.5. The molecule has 0 radical (unpaired) electrons. The maximum atomic E-state index is 12.6. The van der Waals surface area contributed by atoms with E-state index in [4.69, 9.17) is 18.3 Å². The second-order valence-electron chi connectivity index (χ2n) is 6.27. The third-order valence-electron chi connectivity index (χ3n) is 4.12. The molecule has 1 atom stereocenters. The molecule has 7 heteroatoms. The van der Waals surface area contributed by atoms with Crippen molar-refractivity contribution in [2.75, 3.05) is 26.9 Å². The molecule has 0 saturated carbocycles. The van der Waals surface area contributed by atoms with E-state index in [0.29, 0.717) is 12.0 Å². The first-order valence-electron chi connectivity index (χ1n) is 9.74. The summed E-state index contributed by atoms with van der Waals surface area (Å²) in [5.74, 6) is 0.516. The van der Waals surface area contributed by atoms with Gasteiger partial charge < -0.3 is 14.1 Å². The lowest BCUT2D eigenvalue weighted by atomic mass is 10.0. The maximum Gasteiger partial charge on any atom is 0.529 e. The molecular weight excluding hydrogens is 367 g/mol. The van der Waals surface area contributed by atoms with E-state index in [1.54, 1.807) is 6.07 Å². The molecule has 1 rings (SSSR count). The van der Waals surface area contributed by atoms with Crippen LogP contribution in [0, 0.1) is 0 Å². The molecule has 0 aliphatic rings. The van der Waals surface area contributed by atoms with Gasteiger partial charge in [0.1, 0.15) is 18.6 Å². The third kappa shape index (κ3) is 10.6. The van der Waals surface area contributed by atoms with Crippen LogP contribution in [-0.2, 0) is 29.6 Å². The van der Waals surface area contributed by atoms with Crippen molar-refractivity contribution in [3.8, 4) is 5.75 Å². The second-order valence-corrected chi connectivity index (χ2v) is 7.98. The van der Waals surface area contributed by atoms with Gasteiger partial charge in [0.25, 0.3) is 0 Å². The molecule has 1 unspecified atom stereocenters. The van der Waals surface area contributed by atoms with Crippen molar-refractivity contribution in [2.45, 2.75) is 58.3 Å². The maximum absolute atomic E-state index is 12.6. The number of carbonyl (C=O) groups excluding carboxylic acids is 1. The van der Waals surface area contributed by atoms with Gasteiger partial charge in [-0.3, -0.25) is 9.05 Å². The van der Waals surface area contributed by atoms with Gasteiger partial charge in [0.05, 0.1) is 13.2 Å². The summed E-state index contributed by atoms with van der Waals surface area (Å²) in [6, 6.07) is 7.51. The molecule has 1 aromatic carbocycles. The number of hydrogen-bond acceptors (Lipinski definition) is 6. The smallest absolute Gasteiger partial charge is 0.404 e. The number of carbonyl (C=O) groups is 1. The highest BCUT2D eigenvalue weighted by atomic mass is 31.2. The van der Waals surface area contributed by atoms with Gasteiger partial charge in [-0.15, -0.1) is 0 Å². The van der Waals surface area contributed by atoms with Crippen LogP contribution in [0.25, 0.3) is 0 Å². The van der Waals surface area contributed by atoms with E-state index in [0.717, 1.165) is 18.4 Å². The minimum atomic E-state index is -3.72. The van der Waals surface area contributed by atoms with Crippen LogP contribution in [0.4, 0.5) is 0 Å². The molecule has 0 saturated heterocycles. The first-order chi connectivity index (χ1) is 13.1. The summed E-state index contributed by atoms with van der Waals surface area (Å²) in [5, 5.41) is 0. The Kier molecular flexibility index (Phi) is 13.1. The van der Waals surface area contributed by atoms with Crippen molar-refractivity contribution >= 4 is 14.1 Å². The number of aldehydes is 1. The van der Waals surface area contributed by atoms with Gasteiger partial charge in [-0.1, -0.05) is 63.6 Å². The van der Waals surface area contributed by atoms with E-state index in [9.17, 15) is 9.36 Å². The first-order valence-corrected chi connectivity index (χ1v) is 11.2. The number of phosphoric acid groups is 1. The number of phosphoric ester groups is 1. The summed E-state index contributed by atoms with van der Waals surface area (Å²) in [6.07, 6.45) is 10.1. The Hall–Kier alpha value is -1.20. The minimum Gasteiger partial charge on any atom is -0.404 e. The van der Waals surface area contributed by atoms with Gasteiger partial charge in [0.15, 0.2) is 0 Å². The van der Waals surface area contributed by atoms with Crippen molar-refractivity contribution < 1.29 is 27.7 Å². The Morgan fingerprint density at radius 3 is 2.41 bits per heavy atom. The molecule has 0 fully saturated rings. The van der Waals surface area contributed by atoms with Crippen LogP contribution in [0.1, 0.15) is 57.4 Å². The van der Waals surface area contributed by atoms with Crippen LogP contribution in [0.3, 0.4) is 0 Å². The molecule has 0 spiro atoms. The van der Waals surface area contributed by atoms with Gasteiger partial charge in [0.2, 0.25) is 0 Å². The van der Waals surface area contributed by atoms with E-state index < -0.39 is 7.82 Å². The van der Waals surface area contributed by atoms with Crippen LogP contribution in [0.2, 0.25) is 0 Å². The highest BCUT2D eigenvalue weighted by Crippen LogP contribution is 2.49. The average Bonchev–Trinajstić information content (AvgIpc) is 2.68. The molecule has 1 aromatic rings. The molecule has 0 amide bonds. The molecule has 0 aliphatic heterocycles. The molecule has 154 valence electrons. The zero-order chi connectivity index (χ0) is 19.8. The fourth-order valence-electron chi connectivity index (χ4n) is 2.65. The van der Waals surface area contributed by atoms with Gasteiger partial charge in [-0.2, -0.15) is 0 Å². The van der Waals surface area contributed by atoms with E-state index in [1.807, 2.05) is 18.2 Å². The lowest BCUT2D eigenvalue weighted by molar-refractivity contribution is -0.112. The normalized spacial score (nSPS) is 13.3. The fraction of sp³-hybridized carbons (Fsp3) is 0.650. The van der Waals surface area contributed by atoms with Gasteiger partial charge in [0, 0.05) is 7.11 Å². The quantitative estimate of drug-likeness (QED) is 0.200. The lowest BCUT2D eigenvalue weighted by Crippen LogP contribution is -2.08. The van der Waals surface area contributed by atoms with Crippen molar-refractivity contribution in [3.63, 3.8) is 0 Å². The average molecular weight is 400 g/mol. The standard InChI is InChI=1S/C20H33O6P/c1-3-4-5-6-7-8-9-12-19-13-10-11-14-20(19)26-27(22,23-2)25-18-17-24-16-15-21/h10-11,13-15H,3-9,12,16-18H2,1-2H3. The van der Waals surface area contributed by atoms with E-state index in [-0.39, 0.29) is 19.8 Å². The predicted molar refractivity (Wildman–Crippen MR) is 106 cm³/mol. The van der Waals surface area contributed by atoms with Gasteiger partial charge in [-0.25, -0.2) is 4.57 Å². The number of hydrogen-bond donors (Lipinski definition) is 0. The Balaban J connectivity index is 2.48. The number of ether oxygens (including phenoxy) is 1. The SMILES string of the molecule is CCCCCCCCCc1ccccc1OP(=O)(OC)OCCOCC=O. The summed E-state index contributed by atoms with van der Waals surface area (Å²) in [4.78, 5) is 10.2. The Morgan fingerprint density at radius 1 is 1.00 bits per heavy atom. The topological polar surface area (TPSA) is 71.1 Å². The van der Waals surface area contributed by atoms with Crippen LogP contribution in [-0.4, -0.2) is 33.2 Å². The Labute approximate surface area is 163 Å². The zero-order valence-electron chi connectivity index (χ0n) is 16.6. The molecule has 0 N–H and O–H groups in total. The summed E-state index contributed by atoms with van der Waals surface area (Å²) in [7, 11) is -2.44. The molecule has 0 bridgehead atoms. The molecular formula is C20H33O6P. The van der Waals surface area contributed by atoms with Crippen molar-refractivity contribution in [2.24, 2.45) is 0 Å². The molecule has 27 heavy (non-hydrogen) atoms. The Morgan fingerprint density at radius 2 is 1.70 bits per heavy atom. The first kappa shape index (κ1) is 23.8. The number of benzene rings is 1. The van der Waals surface area contributed by atoms with Crippen molar-refractivity contribution in [3.05, 3.63) is 29.8 Å². The highest BCUT2D eigenvalue weighted by molar-refractivity contribution is 7.48. The summed E-state index contributed by atoms with van der Waals surface area (Å²) >= 11 is 0. The van der Waals surface area contributed by atoms with Crippen LogP contribution in [0.15, 0.2) is 24.3 Å². The number of para-hydroxylation sites is 1. The number of unbranched alkanes of at least 4 members (excludes halogenated alkanes) is 6. The molecule has 0 heterocycles. The summed E-state index contributed by atoms with van der Waals surface area (Å²) in [5.41, 5.74) is 0.990. The van der Waals surface area contributed by atoms with Gasteiger partial charge >= 0.3 is 7.82 Å². The van der Waals surface area contributed by atoms with Gasteiger partial charge in [-0.05, 0) is 24.5 Å². The van der Waals surface area contributed by atoms with Crippen LogP contribution < -0.4 is 4.52 Å². The van der Waals surface area contributed by atoms with Crippen LogP contribution >= 0.6 is 7.82 Å². The van der Waals surface area contributed by atoms with E-state index >= 15 is 0 Å². The second kappa shape index (κ2) is 14.8. The lowest BCUT2D eigenvalue weighted by Gasteiger charge is -2.18. The molecule has 0 aromatic heterocycles. The highest BCUT2D eigenvalue weighted by Gasteiger charge is 2.27. The Bertz CT molecular complexity index is 563. The van der Waals surface area contributed by atoms with E-state index in [2.05, 4.69) is 6.92 Å². The number of rotatable bonds is 17. The monoisotopic (exact) mass is 400 g/mol. The summed E-state index contributed by atoms with van der Waals surface area (Å²) in [6.45, 7) is 2.34. The largest absolute Gasteiger partial charge is 0.529 e. The van der Waals surface area contributed by atoms with E-state index in [1.165, 1.54) is 45.6 Å². The third-order valence-corrected chi connectivity index (χ3v) is 5.49. The van der Waals surface area contributed by atoms with Crippen molar-refractivity contribution in [1.82, 2.24) is 0 Å². The molecule has 6 nitrogen and oxygen atoms in total. The fourth-order valence-corrected chi connectivity index (χ4v) is 3.60. The minimum absolute atomic E-state index is 0.0128.